The molecule has 1 aromatic heterocycles. The zero-order valence-corrected chi connectivity index (χ0v) is 11.3. The molecular weight excluding hydrogens is 280 g/mol. The minimum atomic E-state index is 0.528. The predicted molar refractivity (Wildman–Crippen MR) is 72.3 cm³/mol. The van der Waals surface area contributed by atoms with E-state index < -0.39 is 0 Å². The van der Waals surface area contributed by atoms with Gasteiger partial charge >= 0.3 is 0 Å². The molecule has 0 amide bonds. The van der Waals surface area contributed by atoms with E-state index in [4.69, 9.17) is 10.5 Å². The maximum absolute atomic E-state index is 5.89. The fraction of sp³-hybridized carbons (Fsp3) is 0.154. The Morgan fingerprint density at radius 3 is 2.71 bits per heavy atom. The van der Waals surface area contributed by atoms with E-state index in [0.29, 0.717) is 17.3 Å². The molecule has 0 bridgehead atoms. The first-order valence-electron chi connectivity index (χ1n) is 5.23. The molecule has 0 aliphatic carbocycles. The number of ether oxygens (including phenoxy) is 1. The van der Waals surface area contributed by atoms with Crippen molar-refractivity contribution in [2.75, 3.05) is 5.73 Å². The fourth-order valence-electron chi connectivity index (χ4n) is 1.45. The first-order chi connectivity index (χ1) is 8.08. The van der Waals surface area contributed by atoms with Crippen molar-refractivity contribution in [3.63, 3.8) is 0 Å². The highest BCUT2D eigenvalue weighted by Gasteiger charge is 2.08. The van der Waals surface area contributed by atoms with Crippen molar-refractivity contribution in [1.82, 2.24) is 4.98 Å². The number of anilines is 1. The maximum Gasteiger partial charge on any atom is 0.233 e. The number of hydrogen-bond acceptors (Lipinski definition) is 3. The number of rotatable bonds is 2. The summed E-state index contributed by atoms with van der Waals surface area (Å²) in [4.78, 5) is 4.17. The fourth-order valence-corrected chi connectivity index (χ4v) is 1.77. The van der Waals surface area contributed by atoms with Crippen LogP contribution in [0.4, 0.5) is 5.69 Å². The van der Waals surface area contributed by atoms with Crippen LogP contribution < -0.4 is 10.5 Å². The van der Waals surface area contributed by atoms with Crippen molar-refractivity contribution >= 4 is 21.6 Å². The lowest BCUT2D eigenvalue weighted by molar-refractivity contribution is 0.461. The largest absolute Gasteiger partial charge is 0.436 e. The van der Waals surface area contributed by atoms with Gasteiger partial charge in [-0.3, -0.25) is 0 Å². The summed E-state index contributed by atoms with van der Waals surface area (Å²) in [6.45, 7) is 3.97. The van der Waals surface area contributed by atoms with Gasteiger partial charge in [0.15, 0.2) is 5.75 Å². The molecule has 0 radical (unpaired) electrons. The van der Waals surface area contributed by atoms with E-state index in [1.807, 2.05) is 38.1 Å². The Kier molecular flexibility index (Phi) is 3.33. The molecule has 4 heteroatoms. The van der Waals surface area contributed by atoms with E-state index in [-0.39, 0.29) is 0 Å². The first kappa shape index (κ1) is 11.9. The molecule has 0 aliphatic rings. The van der Waals surface area contributed by atoms with Gasteiger partial charge in [-0.2, -0.15) is 0 Å². The summed E-state index contributed by atoms with van der Waals surface area (Å²) in [5.74, 6) is 1.15. The minimum absolute atomic E-state index is 0.528. The van der Waals surface area contributed by atoms with Gasteiger partial charge in [0.2, 0.25) is 5.88 Å². The van der Waals surface area contributed by atoms with Crippen LogP contribution in [-0.4, -0.2) is 4.98 Å². The van der Waals surface area contributed by atoms with E-state index in [2.05, 4.69) is 20.9 Å². The van der Waals surface area contributed by atoms with Gasteiger partial charge in [-0.15, -0.1) is 0 Å². The molecule has 2 aromatic rings. The molecule has 0 fully saturated rings. The lowest BCUT2D eigenvalue weighted by Gasteiger charge is -2.10. The lowest BCUT2D eigenvalue weighted by atomic mass is 10.2. The molecule has 0 atom stereocenters. The van der Waals surface area contributed by atoms with Crippen LogP contribution in [-0.2, 0) is 0 Å². The van der Waals surface area contributed by atoms with Crippen LogP contribution >= 0.6 is 15.9 Å². The Hall–Kier alpha value is -1.55. The van der Waals surface area contributed by atoms with Gasteiger partial charge in [0.1, 0.15) is 0 Å². The number of nitrogens with zero attached hydrogens (tertiary/aromatic N) is 1. The lowest BCUT2D eigenvalue weighted by Crippen LogP contribution is -1.95. The average molecular weight is 293 g/mol. The standard InChI is InChI=1S/C13H13BrN2O/c1-8-3-4-11(10(15)7-8)17-13-12(14)9(2)5-6-16-13/h3-7H,15H2,1-2H3. The van der Waals surface area contributed by atoms with E-state index in [1.54, 1.807) is 6.20 Å². The highest BCUT2D eigenvalue weighted by Crippen LogP contribution is 2.32. The third kappa shape index (κ3) is 2.58. The number of nitrogens with two attached hydrogens (primary N) is 1. The molecule has 0 spiro atoms. The number of halogens is 1. The number of aromatic nitrogens is 1. The molecular formula is C13H13BrN2O. The van der Waals surface area contributed by atoms with Crippen molar-refractivity contribution in [1.29, 1.82) is 0 Å². The van der Waals surface area contributed by atoms with Gasteiger partial charge in [0, 0.05) is 6.20 Å². The second-order valence-electron chi connectivity index (χ2n) is 3.89. The molecule has 0 unspecified atom stereocenters. The Morgan fingerprint density at radius 1 is 1.24 bits per heavy atom. The Labute approximate surface area is 109 Å². The zero-order valence-electron chi connectivity index (χ0n) is 9.70. The summed E-state index contributed by atoms with van der Waals surface area (Å²) in [5, 5.41) is 0. The average Bonchev–Trinajstić information content (AvgIpc) is 2.28. The third-order valence-electron chi connectivity index (χ3n) is 2.42. The van der Waals surface area contributed by atoms with Gasteiger partial charge in [-0.05, 0) is 59.1 Å². The monoisotopic (exact) mass is 292 g/mol. The van der Waals surface area contributed by atoms with Gasteiger partial charge in [-0.1, -0.05) is 6.07 Å². The molecule has 88 valence electrons. The first-order valence-corrected chi connectivity index (χ1v) is 6.02. The quantitative estimate of drug-likeness (QED) is 0.856. The second-order valence-corrected chi connectivity index (χ2v) is 4.68. The molecule has 1 heterocycles. The Balaban J connectivity index is 2.35. The van der Waals surface area contributed by atoms with Crippen LogP contribution in [0, 0.1) is 13.8 Å². The van der Waals surface area contributed by atoms with Crippen LogP contribution in [0.1, 0.15) is 11.1 Å². The van der Waals surface area contributed by atoms with Crippen molar-refractivity contribution in [2.24, 2.45) is 0 Å². The molecule has 0 saturated carbocycles. The summed E-state index contributed by atoms with van der Waals surface area (Å²) in [6, 6.07) is 7.59. The van der Waals surface area contributed by atoms with E-state index in [9.17, 15) is 0 Å². The van der Waals surface area contributed by atoms with Crippen LogP contribution in [0.15, 0.2) is 34.9 Å². The normalized spacial score (nSPS) is 10.3. The molecule has 1 aromatic carbocycles. The van der Waals surface area contributed by atoms with E-state index in [1.165, 1.54) is 0 Å². The topological polar surface area (TPSA) is 48.1 Å². The van der Waals surface area contributed by atoms with Crippen LogP contribution in [0.2, 0.25) is 0 Å². The number of hydrogen-bond donors (Lipinski definition) is 1. The van der Waals surface area contributed by atoms with Crippen molar-refractivity contribution in [3.05, 3.63) is 46.1 Å². The second kappa shape index (κ2) is 4.75. The van der Waals surface area contributed by atoms with Crippen molar-refractivity contribution in [2.45, 2.75) is 13.8 Å². The minimum Gasteiger partial charge on any atom is -0.436 e. The van der Waals surface area contributed by atoms with Crippen LogP contribution in [0.3, 0.4) is 0 Å². The summed E-state index contributed by atoms with van der Waals surface area (Å²) in [6.07, 6.45) is 1.71. The van der Waals surface area contributed by atoms with Crippen LogP contribution in [0.25, 0.3) is 0 Å². The molecule has 17 heavy (non-hydrogen) atoms. The summed E-state index contributed by atoms with van der Waals surface area (Å²) in [5.41, 5.74) is 8.67. The number of nitrogen functional groups attached to an aromatic ring is 1. The van der Waals surface area contributed by atoms with Crippen LogP contribution in [0.5, 0.6) is 11.6 Å². The summed E-state index contributed by atoms with van der Waals surface area (Å²) in [7, 11) is 0. The summed E-state index contributed by atoms with van der Waals surface area (Å²) < 4.78 is 6.54. The van der Waals surface area contributed by atoms with Gasteiger partial charge in [0.25, 0.3) is 0 Å². The van der Waals surface area contributed by atoms with Crippen molar-refractivity contribution in [3.8, 4) is 11.6 Å². The molecule has 2 N–H and O–H groups in total. The molecule has 2 rings (SSSR count). The smallest absolute Gasteiger partial charge is 0.233 e. The maximum atomic E-state index is 5.89. The SMILES string of the molecule is Cc1ccc(Oc2nccc(C)c2Br)c(N)c1. The third-order valence-corrected chi connectivity index (χ3v) is 3.39. The molecule has 3 nitrogen and oxygen atoms in total. The van der Waals surface area contributed by atoms with Gasteiger partial charge in [0.05, 0.1) is 10.2 Å². The van der Waals surface area contributed by atoms with E-state index in [0.717, 1.165) is 15.6 Å². The predicted octanol–water partition coefficient (Wildman–Crippen LogP) is 3.84. The zero-order chi connectivity index (χ0) is 12.4. The number of benzene rings is 1. The Bertz CT molecular complexity index is 555. The Morgan fingerprint density at radius 2 is 2.00 bits per heavy atom. The number of aryl methyl sites for hydroxylation is 2. The van der Waals surface area contributed by atoms with Gasteiger partial charge < -0.3 is 10.5 Å². The highest BCUT2D eigenvalue weighted by atomic mass is 79.9. The van der Waals surface area contributed by atoms with Crippen molar-refractivity contribution < 1.29 is 4.74 Å². The molecule has 0 aliphatic heterocycles. The highest BCUT2D eigenvalue weighted by molar-refractivity contribution is 9.10. The summed E-state index contributed by atoms with van der Waals surface area (Å²) >= 11 is 3.45. The van der Waals surface area contributed by atoms with E-state index >= 15 is 0 Å². The van der Waals surface area contributed by atoms with Gasteiger partial charge in [-0.25, -0.2) is 4.98 Å². The molecule has 0 saturated heterocycles. The number of pyridine rings is 1.